The minimum absolute atomic E-state index is 0.0518. The van der Waals surface area contributed by atoms with Gasteiger partial charge < -0.3 is 19.8 Å². The number of amides is 1. The van der Waals surface area contributed by atoms with Gasteiger partial charge in [-0.2, -0.15) is 0 Å². The van der Waals surface area contributed by atoms with E-state index in [1.165, 1.54) is 199 Å². The zero-order valence-corrected chi connectivity index (χ0v) is 53.9. The van der Waals surface area contributed by atoms with E-state index in [-0.39, 0.29) is 19.1 Å². The molecule has 3 atom stereocenters. The van der Waals surface area contributed by atoms with Gasteiger partial charge in [0.1, 0.15) is 13.2 Å². The number of carbonyl (C=O) groups excluding carboxylic acids is 1. The molecule has 0 saturated heterocycles. The van der Waals surface area contributed by atoms with E-state index < -0.39 is 20.0 Å². The minimum atomic E-state index is -4.37. The van der Waals surface area contributed by atoms with Crippen molar-refractivity contribution in [1.29, 1.82) is 0 Å². The Morgan fingerprint density at radius 1 is 0.438 bits per heavy atom. The predicted molar refractivity (Wildman–Crippen MR) is 350 cm³/mol. The molecule has 0 aromatic rings. The quantitative estimate of drug-likeness (QED) is 0.0243. The highest BCUT2D eigenvalue weighted by Gasteiger charge is 2.28. The summed E-state index contributed by atoms with van der Waals surface area (Å²) >= 11 is 0. The van der Waals surface area contributed by atoms with Gasteiger partial charge in [0.2, 0.25) is 5.91 Å². The monoisotopic (exact) mass is 1140 g/mol. The van der Waals surface area contributed by atoms with Crippen molar-refractivity contribution in [3.63, 3.8) is 0 Å². The van der Waals surface area contributed by atoms with Crippen LogP contribution in [0.25, 0.3) is 0 Å². The number of nitrogens with zero attached hydrogens (tertiary/aromatic N) is 1. The topological polar surface area (TPSA) is 105 Å². The number of phosphoric acid groups is 1. The maximum absolute atomic E-state index is 13.0. The highest BCUT2D eigenvalue weighted by atomic mass is 31.2. The first-order valence-electron chi connectivity index (χ1n) is 33.6. The van der Waals surface area contributed by atoms with Crippen LogP contribution in [0.4, 0.5) is 0 Å². The lowest BCUT2D eigenvalue weighted by molar-refractivity contribution is -0.870. The molecule has 9 heteroatoms. The molecular formula is C71H130N2O6P+. The molecule has 0 spiro atoms. The Labute approximate surface area is 496 Å². The normalized spacial score (nSPS) is 14.3. The van der Waals surface area contributed by atoms with Crippen LogP contribution < -0.4 is 5.32 Å². The fraction of sp³-hybridized carbons (Fsp3) is 0.761. The van der Waals surface area contributed by atoms with Crippen molar-refractivity contribution in [2.45, 2.75) is 309 Å². The van der Waals surface area contributed by atoms with Crippen LogP contribution in [0.15, 0.2) is 97.2 Å². The second-order valence-electron chi connectivity index (χ2n) is 23.8. The van der Waals surface area contributed by atoms with E-state index in [0.717, 1.165) is 77.0 Å². The SMILES string of the molecule is CC/C=C\C/C=C\C/C=C\C/C=C\C/C=C\CCCCCCCCCCCCCCCCCCCCCCCC(=O)NC(COP(=O)(O)OCC[N+](C)(C)C)C(O)/C=C/CC/C=C/CC/C=C/CCCCCCCCCCCCC. The zero-order valence-electron chi connectivity index (χ0n) is 53.0. The van der Waals surface area contributed by atoms with Gasteiger partial charge in [0.15, 0.2) is 0 Å². The molecule has 464 valence electrons. The molecule has 3 N–H and O–H groups in total. The summed E-state index contributed by atoms with van der Waals surface area (Å²) in [6, 6.07) is -0.874. The summed E-state index contributed by atoms with van der Waals surface area (Å²) in [5.41, 5.74) is 0. The van der Waals surface area contributed by atoms with Gasteiger partial charge >= 0.3 is 7.82 Å². The first kappa shape index (κ1) is 77.4. The van der Waals surface area contributed by atoms with E-state index in [1.54, 1.807) is 6.08 Å². The number of aliphatic hydroxyl groups is 1. The molecule has 0 saturated carbocycles. The van der Waals surface area contributed by atoms with Gasteiger partial charge in [-0.1, -0.05) is 297 Å². The molecular weight excluding hydrogens is 1010 g/mol. The van der Waals surface area contributed by atoms with Crippen LogP contribution in [0.3, 0.4) is 0 Å². The Balaban J connectivity index is 4.06. The number of nitrogens with one attached hydrogen (secondary N) is 1. The summed E-state index contributed by atoms with van der Waals surface area (Å²) in [6.45, 7) is 4.69. The van der Waals surface area contributed by atoms with E-state index in [0.29, 0.717) is 17.4 Å². The number of carbonyl (C=O) groups is 1. The second kappa shape index (κ2) is 61.0. The molecule has 0 fully saturated rings. The molecule has 1 amide bonds. The Hall–Kier alpha value is -2.58. The number of aliphatic hydroxyl groups excluding tert-OH is 1. The number of hydrogen-bond donors (Lipinski definition) is 3. The van der Waals surface area contributed by atoms with Crippen LogP contribution >= 0.6 is 7.82 Å². The lowest BCUT2D eigenvalue weighted by Gasteiger charge is -2.25. The maximum atomic E-state index is 13.0. The molecule has 0 bridgehead atoms. The van der Waals surface area contributed by atoms with E-state index in [1.807, 2.05) is 27.2 Å². The molecule has 80 heavy (non-hydrogen) atoms. The van der Waals surface area contributed by atoms with Gasteiger partial charge in [0.05, 0.1) is 39.9 Å². The van der Waals surface area contributed by atoms with Crippen LogP contribution in [0.2, 0.25) is 0 Å². The summed E-state index contributed by atoms with van der Waals surface area (Å²) in [5.74, 6) is -0.189. The zero-order chi connectivity index (χ0) is 58.4. The van der Waals surface area contributed by atoms with Crippen LogP contribution in [0, 0.1) is 0 Å². The number of allylic oxidation sites excluding steroid dienone is 15. The second-order valence-corrected chi connectivity index (χ2v) is 25.3. The first-order valence-corrected chi connectivity index (χ1v) is 35.1. The molecule has 3 unspecified atom stereocenters. The lowest BCUT2D eigenvalue weighted by atomic mass is 10.0. The average Bonchev–Trinajstić information content (AvgIpc) is 3.42. The van der Waals surface area contributed by atoms with E-state index in [2.05, 4.69) is 104 Å². The Morgan fingerprint density at radius 2 is 0.762 bits per heavy atom. The first-order chi connectivity index (χ1) is 39.0. The molecule has 0 aliphatic rings. The predicted octanol–water partition coefficient (Wildman–Crippen LogP) is 21.3. The fourth-order valence-electron chi connectivity index (χ4n) is 9.57. The number of quaternary nitrogens is 1. The van der Waals surface area contributed by atoms with Crippen molar-refractivity contribution >= 4 is 13.7 Å². The van der Waals surface area contributed by atoms with Gasteiger partial charge in [-0.05, 0) is 89.9 Å². The highest BCUT2D eigenvalue weighted by Crippen LogP contribution is 2.43. The van der Waals surface area contributed by atoms with Crippen molar-refractivity contribution in [2.75, 3.05) is 40.9 Å². The van der Waals surface area contributed by atoms with Gasteiger partial charge in [-0.25, -0.2) is 4.57 Å². The third-order valence-electron chi connectivity index (χ3n) is 14.8. The van der Waals surface area contributed by atoms with Gasteiger partial charge in [0, 0.05) is 6.42 Å². The van der Waals surface area contributed by atoms with E-state index in [9.17, 15) is 19.4 Å². The highest BCUT2D eigenvalue weighted by molar-refractivity contribution is 7.47. The minimum Gasteiger partial charge on any atom is -0.387 e. The molecule has 0 aromatic heterocycles. The molecule has 0 radical (unpaired) electrons. The standard InChI is InChI=1S/C71H129N2O6P/c1-6-8-10-12-14-16-18-20-22-24-26-28-29-30-31-32-33-34-35-36-37-38-39-40-41-42-43-45-47-49-51-53-55-57-59-61-63-65-71(75)72-69(68-79-80(76,77)78-67-66-73(3,4)5)70(74)64-62-60-58-56-54-52-50-48-46-44-27-25-23-21-19-17-15-13-11-9-7-2/h8,10,14,16,20,22,26,28,30-31,46,48,54,56,62,64,69-70,74H,6-7,9,11-13,15,17-19,21,23-25,27,29,32-45,47,49-53,55,57-61,63,65-68H2,1-5H3,(H-,72,75,76,77)/p+1/b10-8-,16-14-,22-20-,28-26-,31-30-,48-46+,56-54+,64-62+. The molecule has 0 aromatic carbocycles. The summed E-state index contributed by atoms with van der Waals surface area (Å²) in [4.78, 5) is 23.4. The average molecular weight is 1140 g/mol. The van der Waals surface area contributed by atoms with Crippen LogP contribution in [-0.2, 0) is 18.4 Å². The Morgan fingerprint density at radius 3 is 1.15 bits per heavy atom. The molecule has 8 nitrogen and oxygen atoms in total. The largest absolute Gasteiger partial charge is 0.472 e. The van der Waals surface area contributed by atoms with Crippen LogP contribution in [-0.4, -0.2) is 73.4 Å². The smallest absolute Gasteiger partial charge is 0.387 e. The number of likely N-dealkylation sites (N-methyl/N-ethyl adjacent to an activating group) is 1. The third kappa shape index (κ3) is 63.0. The number of hydrogen-bond acceptors (Lipinski definition) is 5. The summed E-state index contributed by atoms with van der Waals surface area (Å²) < 4.78 is 23.8. The Kier molecular flexibility index (Phi) is 59.0. The van der Waals surface area contributed by atoms with Gasteiger partial charge in [-0.3, -0.25) is 13.8 Å². The molecule has 0 aliphatic heterocycles. The summed E-state index contributed by atoms with van der Waals surface area (Å²) in [7, 11) is 1.55. The van der Waals surface area contributed by atoms with E-state index in [4.69, 9.17) is 9.05 Å². The van der Waals surface area contributed by atoms with Crippen molar-refractivity contribution in [1.82, 2.24) is 5.32 Å². The van der Waals surface area contributed by atoms with Gasteiger partial charge in [-0.15, -0.1) is 0 Å². The third-order valence-corrected chi connectivity index (χ3v) is 15.7. The summed E-state index contributed by atoms with van der Waals surface area (Å²) in [6.07, 6.45) is 88.4. The molecule has 0 rings (SSSR count). The number of phosphoric ester groups is 1. The lowest BCUT2D eigenvalue weighted by Crippen LogP contribution is -2.45. The fourth-order valence-corrected chi connectivity index (χ4v) is 10.3. The number of unbranched alkanes of at least 4 members (excludes halogenated alkanes) is 34. The number of rotatable bonds is 61. The van der Waals surface area contributed by atoms with Crippen molar-refractivity contribution in [2.24, 2.45) is 0 Å². The van der Waals surface area contributed by atoms with Crippen LogP contribution in [0.1, 0.15) is 296 Å². The van der Waals surface area contributed by atoms with E-state index >= 15 is 0 Å². The van der Waals surface area contributed by atoms with Crippen molar-refractivity contribution < 1.29 is 32.9 Å². The van der Waals surface area contributed by atoms with Crippen LogP contribution in [0.5, 0.6) is 0 Å². The van der Waals surface area contributed by atoms with Gasteiger partial charge in [0.25, 0.3) is 0 Å². The van der Waals surface area contributed by atoms with Crippen molar-refractivity contribution in [3.8, 4) is 0 Å². The molecule has 0 aliphatic carbocycles. The Bertz CT molecular complexity index is 1620. The molecule has 0 heterocycles. The summed E-state index contributed by atoms with van der Waals surface area (Å²) in [5, 5.41) is 14.0. The van der Waals surface area contributed by atoms with Crippen molar-refractivity contribution in [3.05, 3.63) is 97.2 Å². The maximum Gasteiger partial charge on any atom is 0.472 e.